The van der Waals surface area contributed by atoms with Crippen LogP contribution in [0.4, 0.5) is 0 Å². The largest absolute Gasteiger partial charge is 0.493 e. The Morgan fingerprint density at radius 3 is 2.66 bits per heavy atom. The summed E-state index contributed by atoms with van der Waals surface area (Å²) in [6.45, 7) is 6.46. The van der Waals surface area contributed by atoms with Gasteiger partial charge in [0.25, 0.3) is 0 Å². The topological polar surface area (TPSA) is 48.0 Å². The number of rotatable bonds is 5. The predicted molar refractivity (Wildman–Crippen MR) is 123 cm³/mol. The van der Waals surface area contributed by atoms with E-state index in [4.69, 9.17) is 14.2 Å². The zero-order chi connectivity index (χ0) is 22.1. The average molecular weight is 428 g/mol. The van der Waals surface area contributed by atoms with Crippen LogP contribution in [-0.4, -0.2) is 24.0 Å². The Labute approximate surface area is 187 Å². The van der Waals surface area contributed by atoms with Crippen LogP contribution in [0.15, 0.2) is 66.4 Å². The van der Waals surface area contributed by atoms with Gasteiger partial charge in [0.2, 0.25) is 5.78 Å². The molecule has 0 saturated heterocycles. The second kappa shape index (κ2) is 8.52. The highest BCUT2D eigenvalue weighted by molar-refractivity contribution is 6.15. The second-order valence-corrected chi connectivity index (χ2v) is 8.02. The van der Waals surface area contributed by atoms with Crippen LogP contribution in [0.3, 0.4) is 0 Å². The van der Waals surface area contributed by atoms with E-state index in [2.05, 4.69) is 17.0 Å². The van der Waals surface area contributed by atoms with Crippen LogP contribution in [-0.2, 0) is 13.1 Å². The number of hydrogen-bond acceptors (Lipinski definition) is 5. The van der Waals surface area contributed by atoms with Crippen molar-refractivity contribution in [1.82, 2.24) is 4.90 Å². The molecule has 0 saturated carbocycles. The van der Waals surface area contributed by atoms with Gasteiger partial charge >= 0.3 is 0 Å². The van der Waals surface area contributed by atoms with Crippen LogP contribution in [0.2, 0.25) is 0 Å². The molecular formula is C27H25NO4. The predicted octanol–water partition coefficient (Wildman–Crippen LogP) is 5.36. The van der Waals surface area contributed by atoms with Crippen molar-refractivity contribution in [2.24, 2.45) is 0 Å². The first-order chi connectivity index (χ1) is 15.6. The molecule has 0 aliphatic carbocycles. The lowest BCUT2D eigenvalue weighted by atomic mass is 9.99. The highest BCUT2D eigenvalue weighted by atomic mass is 16.5. The zero-order valence-corrected chi connectivity index (χ0v) is 18.3. The third-order valence-corrected chi connectivity index (χ3v) is 5.76. The second-order valence-electron chi connectivity index (χ2n) is 8.02. The quantitative estimate of drug-likeness (QED) is 0.513. The summed E-state index contributed by atoms with van der Waals surface area (Å²) in [5, 5.41) is 0. The minimum absolute atomic E-state index is 0.114. The molecule has 5 heteroatoms. The van der Waals surface area contributed by atoms with E-state index in [0.717, 1.165) is 41.3 Å². The van der Waals surface area contributed by atoms with Gasteiger partial charge in [-0.2, -0.15) is 0 Å². The monoisotopic (exact) mass is 427 g/mol. The van der Waals surface area contributed by atoms with Gasteiger partial charge in [-0.15, -0.1) is 0 Å². The van der Waals surface area contributed by atoms with Gasteiger partial charge in [-0.25, -0.2) is 0 Å². The Hall–Kier alpha value is -3.57. The number of fused-ring (bicyclic) bond motifs is 2. The van der Waals surface area contributed by atoms with E-state index < -0.39 is 0 Å². The van der Waals surface area contributed by atoms with Gasteiger partial charge in [0, 0.05) is 29.8 Å². The van der Waals surface area contributed by atoms with Crippen molar-refractivity contribution in [2.75, 3.05) is 13.3 Å². The van der Waals surface area contributed by atoms with Gasteiger partial charge in [0.1, 0.15) is 24.0 Å². The molecule has 0 amide bonds. The summed E-state index contributed by atoms with van der Waals surface area (Å²) in [7, 11) is 0. The van der Waals surface area contributed by atoms with Gasteiger partial charge in [-0.05, 0) is 37.6 Å². The SMILES string of the molecule is CCOc1ccccc1/C=C1\Oc2c(cc3c(c2C)OCN(Cc2ccccc2)C3)C1=O. The first kappa shape index (κ1) is 20.3. The molecule has 0 fully saturated rings. The van der Waals surface area contributed by atoms with E-state index in [1.165, 1.54) is 5.56 Å². The first-order valence-corrected chi connectivity index (χ1v) is 10.9. The summed E-state index contributed by atoms with van der Waals surface area (Å²) < 4.78 is 17.8. The number of hydrogen-bond donors (Lipinski definition) is 0. The van der Waals surface area contributed by atoms with Crippen LogP contribution < -0.4 is 14.2 Å². The molecule has 3 aromatic rings. The van der Waals surface area contributed by atoms with Crippen molar-refractivity contribution in [3.05, 3.63) is 94.2 Å². The molecule has 5 rings (SSSR count). The van der Waals surface area contributed by atoms with Crippen molar-refractivity contribution >= 4 is 11.9 Å². The third kappa shape index (κ3) is 3.76. The normalized spacial score (nSPS) is 16.3. The molecule has 0 aromatic heterocycles. The molecule has 0 radical (unpaired) electrons. The Kier molecular flexibility index (Phi) is 5.41. The van der Waals surface area contributed by atoms with Gasteiger partial charge in [-0.3, -0.25) is 9.69 Å². The fourth-order valence-corrected chi connectivity index (χ4v) is 4.27. The first-order valence-electron chi connectivity index (χ1n) is 10.9. The van der Waals surface area contributed by atoms with Gasteiger partial charge in [0.15, 0.2) is 5.76 Å². The highest BCUT2D eigenvalue weighted by Crippen LogP contribution is 2.43. The minimum Gasteiger partial charge on any atom is -0.493 e. The molecule has 2 aliphatic heterocycles. The standard InChI is InChI=1S/C27H25NO4/c1-3-30-23-12-8-7-11-20(23)14-24-25(29)22-13-21-16-28(15-19-9-5-4-6-10-19)17-31-26(21)18(2)27(22)32-24/h4-14H,3,15-17H2,1-2H3/b24-14-. The van der Waals surface area contributed by atoms with Crippen molar-refractivity contribution in [3.63, 3.8) is 0 Å². The Bertz CT molecular complexity index is 1200. The number of carbonyl (C=O) groups is 1. The summed E-state index contributed by atoms with van der Waals surface area (Å²) in [6, 6.07) is 19.9. The van der Waals surface area contributed by atoms with E-state index in [-0.39, 0.29) is 5.78 Å². The zero-order valence-electron chi connectivity index (χ0n) is 18.3. The van der Waals surface area contributed by atoms with Crippen molar-refractivity contribution in [1.29, 1.82) is 0 Å². The van der Waals surface area contributed by atoms with Gasteiger partial charge < -0.3 is 14.2 Å². The molecule has 5 nitrogen and oxygen atoms in total. The molecule has 0 bridgehead atoms. The smallest absolute Gasteiger partial charge is 0.231 e. The number of nitrogens with zero attached hydrogens (tertiary/aromatic N) is 1. The molecule has 3 aromatic carbocycles. The van der Waals surface area contributed by atoms with Crippen LogP contribution in [0.25, 0.3) is 6.08 Å². The van der Waals surface area contributed by atoms with Crippen LogP contribution in [0, 0.1) is 6.92 Å². The number of allylic oxidation sites excluding steroid dienone is 1. The lowest BCUT2D eigenvalue weighted by molar-refractivity contribution is 0.0876. The fraction of sp³-hybridized carbons (Fsp3) is 0.222. The molecule has 0 N–H and O–H groups in total. The molecule has 0 unspecified atom stereocenters. The molecule has 162 valence electrons. The van der Waals surface area contributed by atoms with E-state index in [1.54, 1.807) is 6.08 Å². The Morgan fingerprint density at radius 2 is 1.84 bits per heavy atom. The van der Waals surface area contributed by atoms with Crippen LogP contribution >= 0.6 is 0 Å². The average Bonchev–Trinajstić information content (AvgIpc) is 3.12. The molecular weight excluding hydrogens is 402 g/mol. The van der Waals surface area contributed by atoms with Crippen LogP contribution in [0.5, 0.6) is 17.2 Å². The van der Waals surface area contributed by atoms with Crippen molar-refractivity contribution in [2.45, 2.75) is 26.9 Å². The number of benzene rings is 3. The Morgan fingerprint density at radius 1 is 1.06 bits per heavy atom. The highest BCUT2D eigenvalue weighted by Gasteiger charge is 2.33. The van der Waals surface area contributed by atoms with E-state index in [0.29, 0.717) is 30.4 Å². The van der Waals surface area contributed by atoms with Crippen molar-refractivity contribution in [3.8, 4) is 17.2 Å². The van der Waals surface area contributed by atoms with Crippen LogP contribution in [0.1, 0.15) is 39.5 Å². The molecule has 2 heterocycles. The van der Waals surface area contributed by atoms with Gasteiger partial charge in [-0.1, -0.05) is 48.5 Å². The summed E-state index contributed by atoms with van der Waals surface area (Å²) in [5.74, 6) is 2.32. The maximum Gasteiger partial charge on any atom is 0.231 e. The van der Waals surface area contributed by atoms with E-state index in [1.807, 2.05) is 62.4 Å². The fourth-order valence-electron chi connectivity index (χ4n) is 4.27. The maximum atomic E-state index is 13.2. The summed E-state index contributed by atoms with van der Waals surface area (Å²) in [6.07, 6.45) is 1.76. The number of para-hydroxylation sites is 1. The summed E-state index contributed by atoms with van der Waals surface area (Å²) >= 11 is 0. The summed E-state index contributed by atoms with van der Waals surface area (Å²) in [5.41, 5.74) is 4.52. The van der Waals surface area contributed by atoms with Crippen molar-refractivity contribution < 1.29 is 19.0 Å². The van der Waals surface area contributed by atoms with E-state index >= 15 is 0 Å². The lowest BCUT2D eigenvalue weighted by Gasteiger charge is -2.30. The number of Topliss-reactive ketones (excluding diaryl/α,β-unsaturated/α-hetero) is 1. The van der Waals surface area contributed by atoms with Gasteiger partial charge in [0.05, 0.1) is 12.2 Å². The molecule has 0 spiro atoms. The molecule has 2 aliphatic rings. The molecule has 0 atom stereocenters. The molecule has 32 heavy (non-hydrogen) atoms. The number of ketones is 1. The minimum atomic E-state index is -0.114. The lowest BCUT2D eigenvalue weighted by Crippen LogP contribution is -2.32. The third-order valence-electron chi connectivity index (χ3n) is 5.76. The maximum absolute atomic E-state index is 13.2. The number of carbonyl (C=O) groups excluding carboxylic acids is 1. The Balaban J connectivity index is 1.43. The summed E-state index contributed by atoms with van der Waals surface area (Å²) in [4.78, 5) is 15.4. The van der Waals surface area contributed by atoms with E-state index in [9.17, 15) is 4.79 Å². The number of ether oxygens (including phenoxy) is 3.